The number of hydrogen-bond acceptors (Lipinski definition) is 6. The summed E-state index contributed by atoms with van der Waals surface area (Å²) in [6, 6.07) is 21.1. The highest BCUT2D eigenvalue weighted by atomic mass is 15.3. The van der Waals surface area contributed by atoms with Crippen LogP contribution in [0.2, 0.25) is 0 Å². The zero-order valence-corrected chi connectivity index (χ0v) is 18.5. The van der Waals surface area contributed by atoms with E-state index in [4.69, 9.17) is 0 Å². The van der Waals surface area contributed by atoms with Crippen LogP contribution in [-0.4, -0.2) is 62.1 Å². The van der Waals surface area contributed by atoms with Crippen molar-refractivity contribution in [1.29, 1.82) is 0 Å². The molecule has 7 heteroatoms. The van der Waals surface area contributed by atoms with Gasteiger partial charge in [0.25, 0.3) is 5.78 Å². The van der Waals surface area contributed by atoms with Crippen molar-refractivity contribution < 1.29 is 0 Å². The Morgan fingerprint density at radius 2 is 1.59 bits per heavy atom. The largest absolute Gasteiger partial charge is 0.366 e. The van der Waals surface area contributed by atoms with E-state index in [0.29, 0.717) is 12.3 Å². The standard InChI is InChI=1S/C25H29N7/c1-2-30-12-14-31(15-13-30)18-21-10-8-20(9-11-21)17-26-24-16-23(22-6-4-3-5-7-22)29-25-27-19-28-32(24)25/h3-11,16,19,26H,2,12-15,17-18H2,1H3. The van der Waals surface area contributed by atoms with Crippen molar-refractivity contribution in [2.24, 2.45) is 0 Å². The minimum absolute atomic E-state index is 0.590. The maximum absolute atomic E-state index is 4.64. The molecule has 0 radical (unpaired) electrons. The normalized spacial score (nSPS) is 15.3. The predicted molar refractivity (Wildman–Crippen MR) is 127 cm³/mol. The van der Waals surface area contributed by atoms with Gasteiger partial charge in [-0.1, -0.05) is 61.5 Å². The molecule has 32 heavy (non-hydrogen) atoms. The Kier molecular flexibility index (Phi) is 6.09. The molecule has 1 aliphatic rings. The molecule has 3 heterocycles. The minimum Gasteiger partial charge on any atom is -0.366 e. The number of aromatic nitrogens is 4. The zero-order chi connectivity index (χ0) is 21.8. The average molecular weight is 428 g/mol. The maximum Gasteiger partial charge on any atom is 0.254 e. The first-order valence-electron chi connectivity index (χ1n) is 11.3. The molecule has 0 atom stereocenters. The van der Waals surface area contributed by atoms with E-state index in [-0.39, 0.29) is 0 Å². The third kappa shape index (κ3) is 4.64. The molecule has 0 amide bonds. The minimum atomic E-state index is 0.590. The van der Waals surface area contributed by atoms with Crippen molar-refractivity contribution in [2.75, 3.05) is 38.0 Å². The van der Waals surface area contributed by atoms with E-state index < -0.39 is 0 Å². The first kappa shape index (κ1) is 20.6. The van der Waals surface area contributed by atoms with Crippen LogP contribution >= 0.6 is 0 Å². The van der Waals surface area contributed by atoms with E-state index >= 15 is 0 Å². The van der Waals surface area contributed by atoms with Crippen molar-refractivity contribution in [1.82, 2.24) is 29.4 Å². The Balaban J connectivity index is 1.25. The summed E-state index contributed by atoms with van der Waals surface area (Å²) in [5, 5.41) is 7.84. The summed E-state index contributed by atoms with van der Waals surface area (Å²) in [7, 11) is 0. The highest BCUT2D eigenvalue weighted by Crippen LogP contribution is 2.21. The highest BCUT2D eigenvalue weighted by Gasteiger charge is 2.15. The van der Waals surface area contributed by atoms with Crippen LogP contribution in [-0.2, 0) is 13.1 Å². The van der Waals surface area contributed by atoms with E-state index in [1.807, 2.05) is 24.3 Å². The predicted octanol–water partition coefficient (Wildman–Crippen LogP) is 3.54. The van der Waals surface area contributed by atoms with Crippen molar-refractivity contribution in [3.8, 4) is 11.3 Å². The fraction of sp³-hybridized carbons (Fsp3) is 0.320. The Labute approximate surface area is 188 Å². The lowest BCUT2D eigenvalue weighted by atomic mass is 10.1. The Morgan fingerprint density at radius 3 is 2.34 bits per heavy atom. The van der Waals surface area contributed by atoms with Crippen molar-refractivity contribution in [2.45, 2.75) is 20.0 Å². The van der Waals surface area contributed by atoms with E-state index in [9.17, 15) is 0 Å². The molecule has 0 aliphatic carbocycles. The second-order valence-electron chi connectivity index (χ2n) is 8.24. The van der Waals surface area contributed by atoms with Crippen LogP contribution in [0.4, 0.5) is 5.82 Å². The van der Waals surface area contributed by atoms with Gasteiger partial charge >= 0.3 is 0 Å². The topological polar surface area (TPSA) is 61.6 Å². The molecule has 164 valence electrons. The molecule has 5 rings (SSSR count). The summed E-state index contributed by atoms with van der Waals surface area (Å²) < 4.78 is 1.75. The fourth-order valence-electron chi connectivity index (χ4n) is 4.17. The summed E-state index contributed by atoms with van der Waals surface area (Å²) in [5.41, 5.74) is 4.54. The monoisotopic (exact) mass is 427 g/mol. The summed E-state index contributed by atoms with van der Waals surface area (Å²) >= 11 is 0. The van der Waals surface area contributed by atoms with Gasteiger partial charge in [0, 0.05) is 50.9 Å². The highest BCUT2D eigenvalue weighted by molar-refractivity contribution is 5.65. The molecule has 0 unspecified atom stereocenters. The van der Waals surface area contributed by atoms with E-state index in [0.717, 1.165) is 43.3 Å². The molecule has 1 saturated heterocycles. The number of nitrogens with one attached hydrogen (secondary N) is 1. The number of likely N-dealkylation sites (N-methyl/N-ethyl adjacent to an activating group) is 1. The summed E-state index contributed by atoms with van der Waals surface area (Å²) in [6.07, 6.45) is 1.54. The summed E-state index contributed by atoms with van der Waals surface area (Å²) in [4.78, 5) is 14.0. The van der Waals surface area contributed by atoms with Gasteiger partial charge in [-0.25, -0.2) is 4.98 Å². The Bertz CT molecular complexity index is 1150. The van der Waals surface area contributed by atoms with Gasteiger partial charge in [0.05, 0.1) is 5.69 Å². The molecule has 1 aliphatic heterocycles. The third-order valence-corrected chi connectivity index (χ3v) is 6.14. The smallest absolute Gasteiger partial charge is 0.254 e. The first-order chi connectivity index (χ1) is 15.8. The van der Waals surface area contributed by atoms with Crippen LogP contribution in [0.1, 0.15) is 18.1 Å². The second kappa shape index (κ2) is 9.46. The number of rotatable bonds is 7. The molecule has 7 nitrogen and oxygen atoms in total. The first-order valence-corrected chi connectivity index (χ1v) is 11.3. The SMILES string of the molecule is CCN1CCN(Cc2ccc(CNc3cc(-c4ccccc4)nc4ncnn34)cc2)CC1. The van der Waals surface area contributed by atoms with Crippen molar-refractivity contribution in [3.05, 3.63) is 78.1 Å². The van der Waals surface area contributed by atoms with Crippen molar-refractivity contribution in [3.63, 3.8) is 0 Å². The van der Waals surface area contributed by atoms with Crippen LogP contribution in [0.3, 0.4) is 0 Å². The molecule has 0 saturated carbocycles. The molecule has 1 fully saturated rings. The van der Waals surface area contributed by atoms with E-state index in [1.54, 1.807) is 4.52 Å². The van der Waals surface area contributed by atoms with Crippen LogP contribution in [0.5, 0.6) is 0 Å². The molecule has 2 aromatic heterocycles. The van der Waals surface area contributed by atoms with Crippen LogP contribution in [0.15, 0.2) is 67.0 Å². The Hall–Kier alpha value is -3.29. The van der Waals surface area contributed by atoms with Crippen LogP contribution < -0.4 is 5.32 Å². The molecular formula is C25H29N7. The quantitative estimate of drug-likeness (QED) is 0.487. The van der Waals surface area contributed by atoms with Gasteiger partial charge in [0.15, 0.2) is 0 Å². The number of hydrogen-bond donors (Lipinski definition) is 1. The summed E-state index contributed by atoms with van der Waals surface area (Å²) in [5.74, 6) is 1.47. The molecule has 4 aromatic rings. The van der Waals surface area contributed by atoms with Crippen molar-refractivity contribution >= 4 is 11.6 Å². The number of benzene rings is 2. The molecule has 2 aromatic carbocycles. The van der Waals surface area contributed by atoms with Gasteiger partial charge in [-0.3, -0.25) is 4.90 Å². The number of anilines is 1. The third-order valence-electron chi connectivity index (χ3n) is 6.14. The van der Waals surface area contributed by atoms with Gasteiger partial charge in [0.1, 0.15) is 12.1 Å². The van der Waals surface area contributed by atoms with E-state index in [2.05, 4.69) is 73.5 Å². The van der Waals surface area contributed by atoms with Gasteiger partial charge in [-0.15, -0.1) is 0 Å². The lowest BCUT2D eigenvalue weighted by Gasteiger charge is -2.34. The van der Waals surface area contributed by atoms with Gasteiger partial charge in [-0.05, 0) is 17.7 Å². The number of fused-ring (bicyclic) bond motifs is 1. The number of piperazine rings is 1. The molecule has 0 bridgehead atoms. The van der Waals surface area contributed by atoms with Gasteiger partial charge < -0.3 is 10.2 Å². The lowest BCUT2D eigenvalue weighted by molar-refractivity contribution is 0.132. The summed E-state index contributed by atoms with van der Waals surface area (Å²) in [6.45, 7) is 9.77. The van der Waals surface area contributed by atoms with Crippen LogP contribution in [0.25, 0.3) is 17.0 Å². The molecule has 0 spiro atoms. The van der Waals surface area contributed by atoms with E-state index in [1.165, 1.54) is 30.5 Å². The molecule has 1 N–H and O–H groups in total. The van der Waals surface area contributed by atoms with Gasteiger partial charge in [-0.2, -0.15) is 14.6 Å². The molecular weight excluding hydrogens is 398 g/mol. The van der Waals surface area contributed by atoms with Gasteiger partial charge in [0.2, 0.25) is 0 Å². The average Bonchev–Trinajstić information content (AvgIpc) is 3.33. The Morgan fingerprint density at radius 1 is 0.875 bits per heavy atom. The fourth-order valence-corrected chi connectivity index (χ4v) is 4.17. The second-order valence-corrected chi connectivity index (χ2v) is 8.24. The lowest BCUT2D eigenvalue weighted by Crippen LogP contribution is -2.45. The zero-order valence-electron chi connectivity index (χ0n) is 18.5. The number of nitrogens with zero attached hydrogens (tertiary/aromatic N) is 6. The van der Waals surface area contributed by atoms with Crippen LogP contribution in [0, 0.1) is 0 Å². The maximum atomic E-state index is 4.64.